The third-order valence-electron chi connectivity index (χ3n) is 5.39. The number of esters is 1. The van der Waals surface area contributed by atoms with Gasteiger partial charge >= 0.3 is 12.1 Å². The third-order valence-corrected chi connectivity index (χ3v) is 5.39. The number of hydrogen-bond acceptors (Lipinski definition) is 6. The van der Waals surface area contributed by atoms with Crippen molar-refractivity contribution < 1.29 is 32.2 Å². The number of fused-ring (bicyclic) bond motifs is 1. The molecule has 2 aromatic heterocycles. The molecule has 0 radical (unpaired) electrons. The summed E-state index contributed by atoms with van der Waals surface area (Å²) in [5, 5.41) is 7.76. The predicted octanol–water partition coefficient (Wildman–Crippen LogP) is 3.84. The van der Waals surface area contributed by atoms with E-state index in [1.54, 1.807) is 23.0 Å². The molecule has 2 heterocycles. The molecule has 8 nitrogen and oxygen atoms in total. The van der Waals surface area contributed by atoms with E-state index in [2.05, 4.69) is 15.4 Å². The molecule has 1 N–H and O–H groups in total. The van der Waals surface area contributed by atoms with E-state index in [1.807, 2.05) is 0 Å². The lowest BCUT2D eigenvalue weighted by molar-refractivity contribution is -0.149. The highest BCUT2D eigenvalue weighted by molar-refractivity contribution is 6.05. The first-order valence-electron chi connectivity index (χ1n) is 9.70. The fourth-order valence-electron chi connectivity index (χ4n) is 3.59. The molecule has 0 spiro atoms. The molecule has 0 atom stereocenters. The topological polar surface area (TPSA) is 95.3 Å². The monoisotopic (exact) mass is 448 g/mol. The Morgan fingerprint density at radius 1 is 1.19 bits per heavy atom. The summed E-state index contributed by atoms with van der Waals surface area (Å²) in [6, 6.07) is 6.40. The summed E-state index contributed by atoms with van der Waals surface area (Å²) in [4.78, 5) is 27.5. The summed E-state index contributed by atoms with van der Waals surface area (Å²) in [5.41, 5.74) is -0.649. The maximum Gasteiger partial charge on any atom is 0.433 e. The lowest BCUT2D eigenvalue weighted by Gasteiger charge is -2.33. The van der Waals surface area contributed by atoms with Crippen LogP contribution in [0.4, 0.5) is 18.9 Å². The fourth-order valence-corrected chi connectivity index (χ4v) is 3.59. The number of anilines is 1. The Morgan fingerprint density at radius 3 is 2.59 bits per heavy atom. The molecule has 0 bridgehead atoms. The van der Waals surface area contributed by atoms with E-state index < -0.39 is 17.8 Å². The van der Waals surface area contributed by atoms with Gasteiger partial charge in [0.15, 0.2) is 0 Å². The Morgan fingerprint density at radius 2 is 1.94 bits per heavy atom. The number of nitrogens with one attached hydrogen (secondary N) is 1. The van der Waals surface area contributed by atoms with Gasteiger partial charge in [-0.1, -0.05) is 6.07 Å². The summed E-state index contributed by atoms with van der Waals surface area (Å²) < 4.78 is 50.5. The average Bonchev–Trinajstić information content (AvgIpc) is 3.13. The highest BCUT2D eigenvalue weighted by Crippen LogP contribution is 2.39. The number of aromatic nitrogens is 3. The number of rotatable bonds is 5. The van der Waals surface area contributed by atoms with Crippen molar-refractivity contribution in [3.63, 3.8) is 0 Å². The molecule has 1 aliphatic carbocycles. The molecule has 168 valence electrons. The molecule has 1 aliphatic rings. The zero-order valence-corrected chi connectivity index (χ0v) is 17.1. The predicted molar refractivity (Wildman–Crippen MR) is 107 cm³/mol. The van der Waals surface area contributed by atoms with Crippen LogP contribution in [0.25, 0.3) is 10.9 Å². The molecule has 1 amide bonds. The second-order valence-electron chi connectivity index (χ2n) is 7.43. The van der Waals surface area contributed by atoms with Crippen LogP contribution in [-0.2, 0) is 15.7 Å². The maximum atomic E-state index is 12.9. The number of halogens is 3. The number of hydrogen-bond donors (Lipinski definition) is 1. The number of amides is 1. The van der Waals surface area contributed by atoms with Gasteiger partial charge in [0.1, 0.15) is 17.1 Å². The molecule has 32 heavy (non-hydrogen) atoms. The maximum absolute atomic E-state index is 12.9. The van der Waals surface area contributed by atoms with E-state index in [0.717, 1.165) is 12.1 Å². The number of pyridine rings is 1. The summed E-state index contributed by atoms with van der Waals surface area (Å²) in [6.45, 7) is 0. The first kappa shape index (κ1) is 21.6. The Bertz CT molecular complexity index is 1190. The molecule has 1 saturated carbocycles. The lowest BCUT2D eigenvalue weighted by atomic mass is 9.80. The molecule has 0 unspecified atom stereocenters. The number of benzene rings is 1. The number of alkyl halides is 3. The van der Waals surface area contributed by atoms with Crippen molar-refractivity contribution in [3.05, 3.63) is 47.9 Å². The van der Waals surface area contributed by atoms with Crippen LogP contribution in [0.5, 0.6) is 5.75 Å². The molecule has 0 aliphatic heterocycles. The Balaban J connectivity index is 1.56. The van der Waals surface area contributed by atoms with Crippen LogP contribution in [0.3, 0.4) is 0 Å². The minimum absolute atomic E-state index is 0.0462. The summed E-state index contributed by atoms with van der Waals surface area (Å²) >= 11 is 0. The average molecular weight is 448 g/mol. The van der Waals surface area contributed by atoms with Gasteiger partial charge in [0, 0.05) is 17.6 Å². The van der Waals surface area contributed by atoms with Crippen LogP contribution in [0, 0.1) is 5.92 Å². The zero-order chi connectivity index (χ0) is 23.0. The Hall–Kier alpha value is -3.63. The number of carbonyl (C=O) groups is 2. The SMILES string of the molecule is COc1cc2nn([C@H]3C[C@@H](C(=O)OC)C3)cc2cc1NC(=O)c1cccc(C(F)(F)F)n1. The summed E-state index contributed by atoms with van der Waals surface area (Å²) in [5.74, 6) is -0.903. The number of nitrogens with zero attached hydrogens (tertiary/aromatic N) is 3. The first-order chi connectivity index (χ1) is 15.2. The molecule has 11 heteroatoms. The van der Waals surface area contributed by atoms with E-state index in [4.69, 9.17) is 9.47 Å². The smallest absolute Gasteiger partial charge is 0.433 e. The molecule has 3 aromatic rings. The number of carbonyl (C=O) groups excluding carboxylic acids is 2. The van der Waals surface area contributed by atoms with Gasteiger partial charge in [-0.3, -0.25) is 14.3 Å². The third kappa shape index (κ3) is 4.10. The van der Waals surface area contributed by atoms with Crippen molar-refractivity contribution >= 4 is 28.5 Å². The van der Waals surface area contributed by atoms with Crippen molar-refractivity contribution in [3.8, 4) is 5.75 Å². The molecular weight excluding hydrogens is 429 g/mol. The van der Waals surface area contributed by atoms with Crippen LogP contribution < -0.4 is 10.1 Å². The van der Waals surface area contributed by atoms with E-state index in [9.17, 15) is 22.8 Å². The van der Waals surface area contributed by atoms with Crippen LogP contribution in [0.2, 0.25) is 0 Å². The van der Waals surface area contributed by atoms with Gasteiger partial charge in [0.05, 0.1) is 37.4 Å². The highest BCUT2D eigenvalue weighted by atomic mass is 19.4. The van der Waals surface area contributed by atoms with Gasteiger partial charge < -0.3 is 14.8 Å². The normalized spacial score (nSPS) is 18.2. The van der Waals surface area contributed by atoms with Crippen molar-refractivity contribution in [1.82, 2.24) is 14.8 Å². The van der Waals surface area contributed by atoms with E-state index in [1.165, 1.54) is 20.3 Å². The van der Waals surface area contributed by atoms with Gasteiger partial charge in [0.2, 0.25) is 0 Å². The fraction of sp³-hybridized carbons (Fsp3) is 0.333. The standard InChI is InChI=1S/C21H19F3N4O4/c1-31-17-9-15-12(10-28(27-15)13-6-11(7-13)20(30)32-2)8-16(17)26-19(29)14-4-3-5-18(25-14)21(22,23)24/h3-5,8-11,13H,6-7H2,1-2H3,(H,26,29)/t11-,13+. The van der Waals surface area contributed by atoms with Crippen molar-refractivity contribution in [2.24, 2.45) is 5.92 Å². The second-order valence-corrected chi connectivity index (χ2v) is 7.43. The van der Waals surface area contributed by atoms with Crippen LogP contribution in [0.15, 0.2) is 36.5 Å². The lowest BCUT2D eigenvalue weighted by Crippen LogP contribution is -2.33. The van der Waals surface area contributed by atoms with Crippen molar-refractivity contribution in [1.29, 1.82) is 0 Å². The van der Waals surface area contributed by atoms with E-state index >= 15 is 0 Å². The van der Waals surface area contributed by atoms with Gasteiger partial charge in [-0.25, -0.2) is 4.98 Å². The summed E-state index contributed by atoms with van der Waals surface area (Å²) in [6.07, 6.45) is -1.65. The molecule has 4 rings (SSSR count). The quantitative estimate of drug-likeness (QED) is 0.596. The first-order valence-corrected chi connectivity index (χ1v) is 9.70. The second kappa shape index (κ2) is 8.13. The summed E-state index contributed by atoms with van der Waals surface area (Å²) in [7, 11) is 2.76. The minimum atomic E-state index is -4.66. The van der Waals surface area contributed by atoms with Gasteiger partial charge in [-0.2, -0.15) is 18.3 Å². The van der Waals surface area contributed by atoms with E-state index in [-0.39, 0.29) is 29.3 Å². The van der Waals surface area contributed by atoms with Crippen LogP contribution in [0.1, 0.15) is 35.1 Å². The highest BCUT2D eigenvalue weighted by Gasteiger charge is 2.37. The van der Waals surface area contributed by atoms with Gasteiger partial charge in [-0.15, -0.1) is 0 Å². The van der Waals surface area contributed by atoms with Crippen LogP contribution >= 0.6 is 0 Å². The minimum Gasteiger partial charge on any atom is -0.494 e. The van der Waals surface area contributed by atoms with Gasteiger partial charge in [-0.05, 0) is 31.0 Å². The molecule has 0 saturated heterocycles. The Labute approximate surface area is 180 Å². The molecule has 1 aromatic carbocycles. The molecular formula is C21H19F3N4O4. The van der Waals surface area contributed by atoms with Crippen LogP contribution in [-0.4, -0.2) is 40.9 Å². The Kier molecular flexibility index (Phi) is 5.49. The van der Waals surface area contributed by atoms with E-state index in [0.29, 0.717) is 29.5 Å². The van der Waals surface area contributed by atoms with Crippen molar-refractivity contribution in [2.75, 3.05) is 19.5 Å². The zero-order valence-electron chi connectivity index (χ0n) is 17.1. The molecule has 1 fully saturated rings. The number of ether oxygens (including phenoxy) is 2. The van der Waals surface area contributed by atoms with Gasteiger partial charge in [0.25, 0.3) is 5.91 Å². The number of methoxy groups -OCH3 is 2. The largest absolute Gasteiger partial charge is 0.494 e. The van der Waals surface area contributed by atoms with Crippen molar-refractivity contribution in [2.45, 2.75) is 25.1 Å².